The lowest BCUT2D eigenvalue weighted by Gasteiger charge is -2.20. The first-order valence-electron chi connectivity index (χ1n) is 7.51. The largest absolute Gasteiger partial charge is 0.486 e. The number of hydrogen-bond donors (Lipinski definition) is 1. The second kappa shape index (κ2) is 6.05. The Morgan fingerprint density at radius 1 is 1.25 bits per heavy atom. The van der Waals surface area contributed by atoms with Crippen LogP contribution >= 0.6 is 11.6 Å². The molecule has 0 unspecified atom stereocenters. The first-order valence-corrected chi connectivity index (χ1v) is 7.88. The highest BCUT2D eigenvalue weighted by Gasteiger charge is 2.18. The molecular formula is C17H14ClN3O3. The van der Waals surface area contributed by atoms with Gasteiger partial charge in [-0.15, -0.1) is 0 Å². The van der Waals surface area contributed by atoms with Gasteiger partial charge in [-0.05, 0) is 29.8 Å². The van der Waals surface area contributed by atoms with Crippen molar-refractivity contribution in [3.8, 4) is 11.5 Å². The molecule has 0 spiro atoms. The third-order valence-corrected chi connectivity index (χ3v) is 4.00. The van der Waals surface area contributed by atoms with E-state index in [1.54, 1.807) is 23.1 Å². The van der Waals surface area contributed by atoms with Crippen molar-refractivity contribution in [2.75, 3.05) is 18.6 Å². The minimum atomic E-state index is -0.175. The van der Waals surface area contributed by atoms with E-state index < -0.39 is 0 Å². The highest BCUT2D eigenvalue weighted by molar-refractivity contribution is 6.32. The van der Waals surface area contributed by atoms with Crippen LogP contribution in [0.3, 0.4) is 0 Å². The number of nitrogens with zero attached hydrogens (tertiary/aromatic N) is 2. The van der Waals surface area contributed by atoms with Gasteiger partial charge in [0.15, 0.2) is 11.5 Å². The Balaban J connectivity index is 1.53. The number of carbonyl (C=O) groups is 1. The Bertz CT molecular complexity index is 923. The maximum absolute atomic E-state index is 12.3. The molecule has 0 saturated heterocycles. The molecule has 0 atom stereocenters. The van der Waals surface area contributed by atoms with Crippen LogP contribution in [0.25, 0.3) is 11.0 Å². The lowest BCUT2D eigenvalue weighted by molar-refractivity contribution is -0.116. The quantitative estimate of drug-likeness (QED) is 0.794. The standard InChI is InChI=1S/C17H14ClN3O3/c18-12-7-11(8-15-17(12)24-6-5-23-15)9-16(22)20-21-10-19-13-3-1-2-4-14(13)21/h1-4,7-8,10H,5-6,9H2,(H,20,22). The fraction of sp³-hybridized carbons (Fsp3) is 0.176. The number of aromatic nitrogens is 2. The molecule has 122 valence electrons. The number of halogens is 1. The number of rotatable bonds is 3. The molecule has 3 aromatic rings. The van der Waals surface area contributed by atoms with Crippen molar-refractivity contribution in [1.29, 1.82) is 0 Å². The average molecular weight is 344 g/mol. The van der Waals surface area contributed by atoms with Crippen LogP contribution < -0.4 is 14.9 Å². The summed E-state index contributed by atoms with van der Waals surface area (Å²) in [7, 11) is 0. The average Bonchev–Trinajstić information content (AvgIpc) is 2.98. The third-order valence-electron chi connectivity index (χ3n) is 3.72. The van der Waals surface area contributed by atoms with E-state index in [-0.39, 0.29) is 12.3 Å². The monoisotopic (exact) mass is 343 g/mol. The second-order valence-electron chi connectivity index (χ2n) is 5.42. The number of para-hydroxylation sites is 2. The van der Waals surface area contributed by atoms with Crippen LogP contribution in [0.2, 0.25) is 5.02 Å². The van der Waals surface area contributed by atoms with Gasteiger partial charge in [0, 0.05) is 0 Å². The molecule has 0 bridgehead atoms. The van der Waals surface area contributed by atoms with Crippen LogP contribution in [-0.2, 0) is 11.2 Å². The SMILES string of the molecule is O=C(Cc1cc(Cl)c2c(c1)OCCO2)Nn1cnc2ccccc21. The minimum absolute atomic E-state index is 0.170. The number of imidazole rings is 1. The molecule has 0 radical (unpaired) electrons. The number of amides is 1. The van der Waals surface area contributed by atoms with Gasteiger partial charge in [-0.1, -0.05) is 23.7 Å². The molecule has 1 aromatic heterocycles. The topological polar surface area (TPSA) is 65.4 Å². The molecule has 24 heavy (non-hydrogen) atoms. The maximum atomic E-state index is 12.3. The molecule has 0 aliphatic carbocycles. The fourth-order valence-corrected chi connectivity index (χ4v) is 2.96. The van der Waals surface area contributed by atoms with E-state index in [1.165, 1.54) is 0 Å². The Morgan fingerprint density at radius 3 is 3.00 bits per heavy atom. The lowest BCUT2D eigenvalue weighted by atomic mass is 10.1. The number of benzene rings is 2. The van der Waals surface area contributed by atoms with Gasteiger partial charge in [-0.2, -0.15) is 0 Å². The van der Waals surface area contributed by atoms with Gasteiger partial charge in [0.1, 0.15) is 19.5 Å². The number of fused-ring (bicyclic) bond motifs is 2. The van der Waals surface area contributed by atoms with E-state index in [9.17, 15) is 4.79 Å². The first kappa shape index (κ1) is 14.8. The van der Waals surface area contributed by atoms with E-state index >= 15 is 0 Å². The van der Waals surface area contributed by atoms with Crippen molar-refractivity contribution >= 4 is 28.5 Å². The molecular weight excluding hydrogens is 330 g/mol. The van der Waals surface area contributed by atoms with E-state index in [1.807, 2.05) is 24.3 Å². The summed E-state index contributed by atoms with van der Waals surface area (Å²) in [6, 6.07) is 11.1. The number of ether oxygens (including phenoxy) is 2. The smallest absolute Gasteiger partial charge is 0.243 e. The second-order valence-corrected chi connectivity index (χ2v) is 5.82. The fourth-order valence-electron chi connectivity index (χ4n) is 2.67. The molecule has 7 heteroatoms. The number of nitrogens with one attached hydrogen (secondary N) is 1. The number of hydrogen-bond acceptors (Lipinski definition) is 4. The van der Waals surface area contributed by atoms with Crippen LogP contribution in [-0.4, -0.2) is 28.8 Å². The zero-order valence-electron chi connectivity index (χ0n) is 12.7. The van der Waals surface area contributed by atoms with Crippen molar-refractivity contribution in [2.24, 2.45) is 0 Å². The van der Waals surface area contributed by atoms with Crippen LogP contribution in [0, 0.1) is 0 Å². The Hall–Kier alpha value is -2.73. The third kappa shape index (κ3) is 2.76. The van der Waals surface area contributed by atoms with Crippen LogP contribution in [0.1, 0.15) is 5.56 Å². The summed E-state index contributed by atoms with van der Waals surface area (Å²) in [5.74, 6) is 0.934. The molecule has 1 amide bonds. The molecule has 2 aromatic carbocycles. The van der Waals surface area contributed by atoms with Crippen molar-refractivity contribution in [3.05, 3.63) is 53.3 Å². The van der Waals surface area contributed by atoms with E-state index in [0.717, 1.165) is 16.6 Å². The predicted molar refractivity (Wildman–Crippen MR) is 90.2 cm³/mol. The van der Waals surface area contributed by atoms with Gasteiger partial charge in [-0.25, -0.2) is 9.66 Å². The summed E-state index contributed by atoms with van der Waals surface area (Å²) < 4.78 is 12.6. The lowest BCUT2D eigenvalue weighted by Crippen LogP contribution is -2.24. The molecule has 2 heterocycles. The summed E-state index contributed by atoms with van der Waals surface area (Å²) in [5.41, 5.74) is 5.23. The summed E-state index contributed by atoms with van der Waals surface area (Å²) in [6.07, 6.45) is 1.75. The molecule has 0 saturated carbocycles. The zero-order chi connectivity index (χ0) is 16.5. The van der Waals surface area contributed by atoms with E-state index in [0.29, 0.717) is 29.7 Å². The van der Waals surface area contributed by atoms with Crippen molar-refractivity contribution in [3.63, 3.8) is 0 Å². The van der Waals surface area contributed by atoms with Gasteiger partial charge in [0.25, 0.3) is 0 Å². The molecule has 0 fully saturated rings. The highest BCUT2D eigenvalue weighted by Crippen LogP contribution is 2.38. The van der Waals surface area contributed by atoms with Crippen LogP contribution in [0.4, 0.5) is 0 Å². The Morgan fingerprint density at radius 2 is 2.08 bits per heavy atom. The van der Waals surface area contributed by atoms with E-state index in [4.69, 9.17) is 21.1 Å². The first-order chi connectivity index (χ1) is 11.7. The predicted octanol–water partition coefficient (Wildman–Crippen LogP) is 2.77. The number of carbonyl (C=O) groups excluding carboxylic acids is 1. The Labute approximate surface area is 142 Å². The van der Waals surface area contributed by atoms with Gasteiger partial charge >= 0.3 is 0 Å². The molecule has 1 N–H and O–H groups in total. The van der Waals surface area contributed by atoms with Crippen LogP contribution in [0.5, 0.6) is 11.5 Å². The summed E-state index contributed by atoms with van der Waals surface area (Å²) >= 11 is 6.20. The summed E-state index contributed by atoms with van der Waals surface area (Å²) in [5, 5.41) is 0.447. The maximum Gasteiger partial charge on any atom is 0.243 e. The zero-order valence-corrected chi connectivity index (χ0v) is 13.4. The normalized spacial score (nSPS) is 13.0. The van der Waals surface area contributed by atoms with Gasteiger partial charge < -0.3 is 9.47 Å². The van der Waals surface area contributed by atoms with Crippen LogP contribution in [0.15, 0.2) is 42.7 Å². The van der Waals surface area contributed by atoms with E-state index in [2.05, 4.69) is 10.4 Å². The minimum Gasteiger partial charge on any atom is -0.486 e. The highest BCUT2D eigenvalue weighted by atomic mass is 35.5. The molecule has 6 nitrogen and oxygen atoms in total. The van der Waals surface area contributed by atoms with Crippen molar-refractivity contribution < 1.29 is 14.3 Å². The summed E-state index contributed by atoms with van der Waals surface area (Å²) in [4.78, 5) is 16.6. The summed E-state index contributed by atoms with van der Waals surface area (Å²) in [6.45, 7) is 0.945. The van der Waals surface area contributed by atoms with Crippen molar-refractivity contribution in [2.45, 2.75) is 6.42 Å². The van der Waals surface area contributed by atoms with Crippen molar-refractivity contribution in [1.82, 2.24) is 9.66 Å². The Kier molecular flexibility index (Phi) is 3.74. The van der Waals surface area contributed by atoms with Gasteiger partial charge in [0.2, 0.25) is 5.91 Å². The molecule has 1 aliphatic heterocycles. The van der Waals surface area contributed by atoms with Gasteiger partial charge in [0.05, 0.1) is 22.5 Å². The molecule has 1 aliphatic rings. The molecule has 4 rings (SSSR count). The van der Waals surface area contributed by atoms with Gasteiger partial charge in [-0.3, -0.25) is 10.2 Å².